The first-order valence-corrected chi connectivity index (χ1v) is 6.79. The number of hydrogen-bond donors (Lipinski definition) is 2. The highest BCUT2D eigenvalue weighted by Gasteiger charge is 2.15. The molecule has 1 atom stereocenters. The van der Waals surface area contributed by atoms with Crippen molar-refractivity contribution in [1.82, 2.24) is 5.32 Å². The van der Waals surface area contributed by atoms with Crippen LogP contribution in [0.25, 0.3) is 0 Å². The van der Waals surface area contributed by atoms with Crippen LogP contribution >= 0.6 is 0 Å². The van der Waals surface area contributed by atoms with Crippen LogP contribution in [0.2, 0.25) is 0 Å². The smallest absolute Gasteiger partial charge is 0.308 e. The molecule has 100 valence electrons. The van der Waals surface area contributed by atoms with Crippen LogP contribution in [-0.4, -0.2) is 36.4 Å². The Kier molecular flexibility index (Phi) is 7.21. The van der Waals surface area contributed by atoms with E-state index in [0.717, 1.165) is 0 Å². The Hall–Kier alpha value is -0.610. The van der Waals surface area contributed by atoms with Crippen molar-refractivity contribution < 1.29 is 14.6 Å². The molecule has 4 nitrogen and oxygen atoms in total. The second-order valence-corrected chi connectivity index (χ2v) is 4.76. The summed E-state index contributed by atoms with van der Waals surface area (Å²) in [6.07, 6.45) is 7.02. The number of carbonyl (C=O) groups excluding carboxylic acids is 1. The van der Waals surface area contributed by atoms with Gasteiger partial charge in [-0.3, -0.25) is 4.79 Å². The largest absolute Gasteiger partial charge is 0.466 e. The molecule has 4 heteroatoms. The first-order chi connectivity index (χ1) is 8.22. The second-order valence-electron chi connectivity index (χ2n) is 4.76. The third-order valence-corrected chi connectivity index (χ3v) is 3.20. The Bertz CT molecular complexity index is 213. The van der Waals surface area contributed by atoms with E-state index >= 15 is 0 Å². The van der Waals surface area contributed by atoms with Gasteiger partial charge in [0, 0.05) is 12.6 Å². The average molecular weight is 243 g/mol. The lowest BCUT2D eigenvalue weighted by Gasteiger charge is -2.18. The number of carbonyl (C=O) groups is 1. The molecule has 1 saturated carbocycles. The molecule has 1 aliphatic rings. The molecule has 0 radical (unpaired) electrons. The maximum atomic E-state index is 11.1. The van der Waals surface area contributed by atoms with Gasteiger partial charge in [-0.05, 0) is 19.8 Å². The van der Waals surface area contributed by atoms with Gasteiger partial charge in [0.15, 0.2) is 0 Å². The molecule has 0 amide bonds. The predicted octanol–water partition coefficient (Wildman–Crippen LogP) is 1.61. The molecule has 0 aliphatic heterocycles. The van der Waals surface area contributed by atoms with Crippen LogP contribution in [0.3, 0.4) is 0 Å². The van der Waals surface area contributed by atoms with Crippen molar-refractivity contribution in [3.63, 3.8) is 0 Å². The van der Waals surface area contributed by atoms with Gasteiger partial charge >= 0.3 is 5.97 Å². The minimum Gasteiger partial charge on any atom is -0.466 e. The minimum absolute atomic E-state index is 0.0908. The lowest BCUT2D eigenvalue weighted by Crippen LogP contribution is -2.36. The number of rotatable bonds is 6. The SMILES string of the molecule is CCOC(=O)CC(O)CNC1CCCCCC1. The summed E-state index contributed by atoms with van der Waals surface area (Å²) in [5, 5.41) is 13.0. The van der Waals surface area contributed by atoms with E-state index < -0.39 is 6.10 Å². The van der Waals surface area contributed by atoms with E-state index in [1.165, 1.54) is 38.5 Å². The quantitative estimate of drug-likeness (QED) is 0.550. The highest BCUT2D eigenvalue weighted by atomic mass is 16.5. The summed E-state index contributed by atoms with van der Waals surface area (Å²) in [7, 11) is 0. The van der Waals surface area contributed by atoms with Crippen molar-refractivity contribution in [3.05, 3.63) is 0 Å². The maximum absolute atomic E-state index is 11.1. The van der Waals surface area contributed by atoms with Crippen LogP contribution in [0.15, 0.2) is 0 Å². The molecule has 0 spiro atoms. The van der Waals surface area contributed by atoms with Crippen molar-refractivity contribution in [3.8, 4) is 0 Å². The summed E-state index contributed by atoms with van der Waals surface area (Å²) >= 11 is 0. The Morgan fingerprint density at radius 2 is 2.00 bits per heavy atom. The number of aliphatic hydroxyl groups is 1. The molecule has 17 heavy (non-hydrogen) atoms. The maximum Gasteiger partial charge on any atom is 0.308 e. The van der Waals surface area contributed by atoms with E-state index in [1.54, 1.807) is 6.92 Å². The Labute approximate surface area is 104 Å². The van der Waals surface area contributed by atoms with Crippen LogP contribution in [0.5, 0.6) is 0 Å². The van der Waals surface area contributed by atoms with Gasteiger partial charge < -0.3 is 15.2 Å². The number of nitrogens with one attached hydrogen (secondary N) is 1. The van der Waals surface area contributed by atoms with Crippen LogP contribution in [0, 0.1) is 0 Å². The van der Waals surface area contributed by atoms with E-state index in [1.807, 2.05) is 0 Å². The summed E-state index contributed by atoms with van der Waals surface area (Å²) in [4.78, 5) is 11.1. The van der Waals surface area contributed by atoms with Crippen molar-refractivity contribution >= 4 is 5.97 Å². The zero-order valence-corrected chi connectivity index (χ0v) is 10.8. The normalized spacial score (nSPS) is 19.6. The standard InChI is InChI=1S/C13H25NO3/c1-2-17-13(16)9-12(15)10-14-11-7-5-3-4-6-8-11/h11-12,14-15H,2-10H2,1H3. The molecule has 1 unspecified atom stereocenters. The fourth-order valence-corrected chi connectivity index (χ4v) is 2.27. The first kappa shape index (κ1) is 14.5. The predicted molar refractivity (Wildman–Crippen MR) is 66.7 cm³/mol. The van der Waals surface area contributed by atoms with Crippen molar-refractivity contribution in [1.29, 1.82) is 0 Å². The molecule has 2 N–H and O–H groups in total. The molecular weight excluding hydrogens is 218 g/mol. The number of hydrogen-bond acceptors (Lipinski definition) is 4. The van der Waals surface area contributed by atoms with Gasteiger partial charge in [-0.25, -0.2) is 0 Å². The van der Waals surface area contributed by atoms with E-state index in [0.29, 0.717) is 19.2 Å². The molecule has 1 fully saturated rings. The molecule has 0 aromatic carbocycles. The summed E-state index contributed by atoms with van der Waals surface area (Å²) in [5.41, 5.74) is 0. The zero-order chi connectivity index (χ0) is 12.5. The second kappa shape index (κ2) is 8.48. The van der Waals surface area contributed by atoms with Crippen LogP contribution in [0.4, 0.5) is 0 Å². The summed E-state index contributed by atoms with van der Waals surface area (Å²) in [6.45, 7) is 2.64. The van der Waals surface area contributed by atoms with Crippen molar-refractivity contribution in [2.45, 2.75) is 64.0 Å². The first-order valence-electron chi connectivity index (χ1n) is 6.79. The van der Waals surface area contributed by atoms with Gasteiger partial charge in [0.2, 0.25) is 0 Å². The number of esters is 1. The van der Waals surface area contributed by atoms with Gasteiger partial charge in [0.05, 0.1) is 19.1 Å². The van der Waals surface area contributed by atoms with Crippen molar-refractivity contribution in [2.75, 3.05) is 13.2 Å². The fourth-order valence-electron chi connectivity index (χ4n) is 2.27. The molecule has 0 aromatic rings. The monoisotopic (exact) mass is 243 g/mol. The van der Waals surface area contributed by atoms with Crippen LogP contribution in [-0.2, 0) is 9.53 Å². The Balaban J connectivity index is 2.13. The van der Waals surface area contributed by atoms with Gasteiger partial charge in [0.25, 0.3) is 0 Å². The van der Waals surface area contributed by atoms with E-state index in [9.17, 15) is 9.90 Å². The minimum atomic E-state index is -0.627. The Morgan fingerprint density at radius 3 is 2.59 bits per heavy atom. The van der Waals surface area contributed by atoms with Crippen LogP contribution < -0.4 is 5.32 Å². The van der Waals surface area contributed by atoms with E-state index in [-0.39, 0.29) is 12.4 Å². The number of aliphatic hydroxyl groups excluding tert-OH is 1. The fraction of sp³-hybridized carbons (Fsp3) is 0.923. The van der Waals surface area contributed by atoms with E-state index in [2.05, 4.69) is 5.32 Å². The lowest BCUT2D eigenvalue weighted by atomic mass is 10.1. The summed E-state index contributed by atoms with van der Waals surface area (Å²) in [6, 6.07) is 0.509. The van der Waals surface area contributed by atoms with Crippen molar-refractivity contribution in [2.24, 2.45) is 0 Å². The molecule has 1 rings (SSSR count). The molecule has 1 aliphatic carbocycles. The van der Waals surface area contributed by atoms with E-state index in [4.69, 9.17) is 4.74 Å². The lowest BCUT2D eigenvalue weighted by molar-refractivity contribution is -0.145. The molecule has 0 saturated heterocycles. The van der Waals surface area contributed by atoms with Crippen LogP contribution in [0.1, 0.15) is 51.9 Å². The van der Waals surface area contributed by atoms with Gasteiger partial charge in [-0.15, -0.1) is 0 Å². The highest BCUT2D eigenvalue weighted by Crippen LogP contribution is 2.17. The van der Waals surface area contributed by atoms with Gasteiger partial charge in [0.1, 0.15) is 0 Å². The molecule has 0 aromatic heterocycles. The average Bonchev–Trinajstić information content (AvgIpc) is 2.55. The third-order valence-electron chi connectivity index (χ3n) is 3.20. The zero-order valence-electron chi connectivity index (χ0n) is 10.8. The topological polar surface area (TPSA) is 58.6 Å². The summed E-state index contributed by atoms with van der Waals surface area (Å²) in [5.74, 6) is -0.317. The molecule has 0 bridgehead atoms. The third kappa shape index (κ3) is 6.64. The molecule has 0 heterocycles. The highest BCUT2D eigenvalue weighted by molar-refractivity contribution is 5.69. The Morgan fingerprint density at radius 1 is 1.35 bits per heavy atom. The molecular formula is C13H25NO3. The van der Waals surface area contributed by atoms with Gasteiger partial charge in [-0.2, -0.15) is 0 Å². The number of ether oxygens (including phenoxy) is 1. The summed E-state index contributed by atoms with van der Waals surface area (Å²) < 4.78 is 4.80. The van der Waals surface area contributed by atoms with Gasteiger partial charge in [-0.1, -0.05) is 25.7 Å².